The number of anilines is 1. The Bertz CT molecular complexity index is 962. The largest absolute Gasteiger partial charge is 0.351 e. The average molecular weight is 429 g/mol. The highest BCUT2D eigenvalue weighted by molar-refractivity contribution is 5.87. The van der Waals surface area contributed by atoms with Crippen molar-refractivity contribution < 1.29 is 18.9 Å². The molecular weight excluding hydrogens is 405 g/mol. The molecule has 0 unspecified atom stereocenters. The van der Waals surface area contributed by atoms with Crippen LogP contribution in [0.1, 0.15) is 25.3 Å². The fourth-order valence-corrected chi connectivity index (χ4v) is 3.65. The molecule has 3 rings (SSSR count). The molecule has 1 fully saturated rings. The number of nitro groups is 1. The standard InChI is InChI=1S/C21H24FN5O4/c1-14(28)24-18(13-15-5-2-3-6-17(15)22)21(29)25-16-8-11-26(12-9-16)20-19(27(30)31)7-4-10-23-20/h2-7,10,16,18H,8-9,11-13H2,1H3,(H,24,28)(H,25,29)/t18-/m0/s1. The summed E-state index contributed by atoms with van der Waals surface area (Å²) in [6.45, 7) is 2.28. The minimum absolute atomic E-state index is 0.0388. The Balaban J connectivity index is 1.61. The van der Waals surface area contributed by atoms with Crippen LogP contribution in [-0.4, -0.2) is 46.9 Å². The molecule has 1 saturated heterocycles. The summed E-state index contributed by atoms with van der Waals surface area (Å²) in [4.78, 5) is 41.1. The first-order valence-corrected chi connectivity index (χ1v) is 10.0. The van der Waals surface area contributed by atoms with Crippen molar-refractivity contribution >= 4 is 23.3 Å². The number of carbonyl (C=O) groups is 2. The van der Waals surface area contributed by atoms with Gasteiger partial charge in [-0.15, -0.1) is 0 Å². The predicted molar refractivity (Wildman–Crippen MR) is 112 cm³/mol. The number of benzene rings is 1. The van der Waals surface area contributed by atoms with E-state index in [0.717, 1.165) is 0 Å². The van der Waals surface area contributed by atoms with E-state index in [9.17, 15) is 24.1 Å². The Morgan fingerprint density at radius 2 is 1.97 bits per heavy atom. The number of carbonyl (C=O) groups excluding carboxylic acids is 2. The zero-order valence-corrected chi connectivity index (χ0v) is 17.1. The van der Waals surface area contributed by atoms with Crippen molar-refractivity contribution in [3.8, 4) is 0 Å². The Morgan fingerprint density at radius 3 is 2.61 bits per heavy atom. The first kappa shape index (κ1) is 22.1. The van der Waals surface area contributed by atoms with E-state index >= 15 is 0 Å². The first-order chi connectivity index (χ1) is 14.8. The zero-order chi connectivity index (χ0) is 22.4. The molecular formula is C21H24FN5O4. The van der Waals surface area contributed by atoms with Crippen molar-refractivity contribution in [2.24, 2.45) is 0 Å². The highest BCUT2D eigenvalue weighted by Gasteiger charge is 2.28. The van der Waals surface area contributed by atoms with Gasteiger partial charge in [0.25, 0.3) is 0 Å². The molecule has 1 aliphatic heterocycles. The molecule has 1 aliphatic rings. The molecule has 10 heteroatoms. The van der Waals surface area contributed by atoms with Gasteiger partial charge in [-0.05, 0) is 30.5 Å². The molecule has 0 radical (unpaired) electrons. The van der Waals surface area contributed by atoms with Gasteiger partial charge < -0.3 is 15.5 Å². The molecule has 2 N–H and O–H groups in total. The number of nitrogens with zero attached hydrogens (tertiary/aromatic N) is 3. The van der Waals surface area contributed by atoms with Crippen molar-refractivity contribution in [3.63, 3.8) is 0 Å². The molecule has 164 valence electrons. The summed E-state index contributed by atoms with van der Waals surface area (Å²) in [5.74, 6) is -0.890. The molecule has 1 aromatic carbocycles. The Labute approximate surface area is 178 Å². The minimum Gasteiger partial charge on any atom is -0.351 e. The lowest BCUT2D eigenvalue weighted by molar-refractivity contribution is -0.384. The van der Waals surface area contributed by atoms with E-state index in [1.165, 1.54) is 31.3 Å². The summed E-state index contributed by atoms with van der Waals surface area (Å²) in [6.07, 6.45) is 2.67. The Hall–Kier alpha value is -3.56. The third-order valence-electron chi connectivity index (χ3n) is 5.18. The van der Waals surface area contributed by atoms with Crippen molar-refractivity contribution in [2.75, 3.05) is 18.0 Å². The fraction of sp³-hybridized carbons (Fsp3) is 0.381. The van der Waals surface area contributed by atoms with Crippen LogP contribution in [0.2, 0.25) is 0 Å². The van der Waals surface area contributed by atoms with Crippen LogP contribution in [-0.2, 0) is 16.0 Å². The summed E-state index contributed by atoms with van der Waals surface area (Å²) in [7, 11) is 0. The molecule has 2 amide bonds. The fourth-order valence-electron chi connectivity index (χ4n) is 3.65. The van der Waals surface area contributed by atoms with Crippen LogP contribution >= 0.6 is 0 Å². The van der Waals surface area contributed by atoms with Crippen molar-refractivity contribution in [2.45, 2.75) is 38.3 Å². The van der Waals surface area contributed by atoms with Crippen LogP contribution in [0.15, 0.2) is 42.6 Å². The van der Waals surface area contributed by atoms with Crippen molar-refractivity contribution in [3.05, 3.63) is 64.1 Å². The average Bonchev–Trinajstić information content (AvgIpc) is 2.75. The highest BCUT2D eigenvalue weighted by atomic mass is 19.1. The normalized spacial score (nSPS) is 15.2. The van der Waals surface area contributed by atoms with Crippen LogP contribution in [0, 0.1) is 15.9 Å². The summed E-state index contributed by atoms with van der Waals surface area (Å²) < 4.78 is 14.0. The van der Waals surface area contributed by atoms with E-state index in [1.807, 2.05) is 4.90 Å². The van der Waals surface area contributed by atoms with Gasteiger partial charge >= 0.3 is 5.69 Å². The number of nitrogens with one attached hydrogen (secondary N) is 2. The van der Waals surface area contributed by atoms with Gasteiger partial charge in [0.2, 0.25) is 17.6 Å². The molecule has 2 heterocycles. The highest BCUT2D eigenvalue weighted by Crippen LogP contribution is 2.27. The van der Waals surface area contributed by atoms with Gasteiger partial charge in [0.15, 0.2) is 0 Å². The van der Waals surface area contributed by atoms with Gasteiger partial charge in [0, 0.05) is 44.7 Å². The summed E-state index contributed by atoms with van der Waals surface area (Å²) in [6, 6.07) is 8.00. The third kappa shape index (κ3) is 5.74. The number of hydrogen-bond acceptors (Lipinski definition) is 6. The van der Waals surface area contributed by atoms with E-state index < -0.39 is 16.8 Å². The summed E-state index contributed by atoms with van der Waals surface area (Å²) in [5.41, 5.74) is 0.286. The Morgan fingerprint density at radius 1 is 1.26 bits per heavy atom. The second kappa shape index (κ2) is 9.96. The Kier molecular flexibility index (Phi) is 7.11. The van der Waals surface area contributed by atoms with Gasteiger partial charge in [-0.2, -0.15) is 0 Å². The first-order valence-electron chi connectivity index (χ1n) is 10.0. The molecule has 1 atom stereocenters. The summed E-state index contributed by atoms with van der Waals surface area (Å²) in [5, 5.41) is 16.7. The smallest absolute Gasteiger partial charge is 0.311 e. The SMILES string of the molecule is CC(=O)N[C@@H](Cc1ccccc1F)C(=O)NC1CCN(c2ncccc2[N+](=O)[O-])CC1. The number of amides is 2. The number of pyridine rings is 1. The molecule has 1 aromatic heterocycles. The van der Waals surface area contributed by atoms with Gasteiger partial charge in [0.1, 0.15) is 11.9 Å². The maximum atomic E-state index is 14.0. The van der Waals surface area contributed by atoms with Crippen molar-refractivity contribution in [1.29, 1.82) is 0 Å². The number of hydrogen-bond donors (Lipinski definition) is 2. The van der Waals surface area contributed by atoms with Crippen molar-refractivity contribution in [1.82, 2.24) is 15.6 Å². The van der Waals surface area contributed by atoms with Crippen LogP contribution < -0.4 is 15.5 Å². The topological polar surface area (TPSA) is 117 Å². The predicted octanol–water partition coefficient (Wildman–Crippen LogP) is 1.96. The van der Waals surface area contributed by atoms with Gasteiger partial charge in [-0.1, -0.05) is 18.2 Å². The summed E-state index contributed by atoms with van der Waals surface area (Å²) >= 11 is 0. The molecule has 0 spiro atoms. The molecule has 31 heavy (non-hydrogen) atoms. The van der Waals surface area contributed by atoms with Crippen LogP contribution in [0.5, 0.6) is 0 Å². The number of rotatable bonds is 7. The number of piperidine rings is 1. The van der Waals surface area contributed by atoms with Crippen LogP contribution in [0.25, 0.3) is 0 Å². The molecule has 0 saturated carbocycles. The van der Waals surface area contributed by atoms with Crippen LogP contribution in [0.4, 0.5) is 15.9 Å². The molecule has 0 aliphatic carbocycles. The number of halogens is 1. The minimum atomic E-state index is -0.899. The van der Waals surface area contributed by atoms with Gasteiger partial charge in [-0.3, -0.25) is 19.7 Å². The molecule has 9 nitrogen and oxygen atoms in total. The van der Waals surface area contributed by atoms with E-state index in [4.69, 9.17) is 0 Å². The van der Waals surface area contributed by atoms with E-state index in [1.54, 1.807) is 18.2 Å². The van der Waals surface area contributed by atoms with E-state index in [-0.39, 0.29) is 30.0 Å². The molecule has 0 bridgehead atoms. The van der Waals surface area contributed by atoms with E-state index in [2.05, 4.69) is 15.6 Å². The lowest BCUT2D eigenvalue weighted by Crippen LogP contribution is -2.52. The maximum absolute atomic E-state index is 14.0. The molecule has 2 aromatic rings. The number of aromatic nitrogens is 1. The second-order valence-corrected chi connectivity index (χ2v) is 7.42. The maximum Gasteiger partial charge on any atom is 0.311 e. The second-order valence-electron chi connectivity index (χ2n) is 7.42. The van der Waals surface area contributed by atoms with Gasteiger partial charge in [-0.25, -0.2) is 9.37 Å². The quantitative estimate of drug-likeness (QED) is 0.513. The van der Waals surface area contributed by atoms with Crippen LogP contribution in [0.3, 0.4) is 0 Å². The lowest BCUT2D eigenvalue weighted by atomic mass is 10.0. The third-order valence-corrected chi connectivity index (χ3v) is 5.18. The lowest BCUT2D eigenvalue weighted by Gasteiger charge is -2.33. The monoisotopic (exact) mass is 429 g/mol. The zero-order valence-electron chi connectivity index (χ0n) is 17.1. The van der Waals surface area contributed by atoms with Gasteiger partial charge in [0.05, 0.1) is 4.92 Å². The van der Waals surface area contributed by atoms with E-state index in [0.29, 0.717) is 37.3 Å².